The number of nitrogens with zero attached hydrogens (tertiary/aromatic N) is 2. The lowest BCUT2D eigenvalue weighted by Gasteiger charge is -2.12. The molecule has 0 spiro atoms. The number of halogens is 1. The van der Waals surface area contributed by atoms with Crippen LogP contribution in [0.4, 0.5) is 11.5 Å². The first-order chi connectivity index (χ1) is 13.7. The smallest absolute Gasteiger partial charge is 0.251 e. The van der Waals surface area contributed by atoms with Gasteiger partial charge < -0.3 is 15.7 Å². The van der Waals surface area contributed by atoms with Crippen LogP contribution in [0, 0.1) is 0 Å². The molecule has 2 heterocycles. The fraction of sp³-hybridized carbons (Fsp3) is 0.0952. The normalized spacial score (nSPS) is 10.9. The Kier molecular flexibility index (Phi) is 5.06. The molecule has 0 atom stereocenters. The topological polar surface area (TPSA) is 87.1 Å². The molecule has 0 aliphatic carbocycles. The van der Waals surface area contributed by atoms with Gasteiger partial charge in [-0.15, -0.1) is 0 Å². The van der Waals surface area contributed by atoms with E-state index >= 15 is 0 Å². The van der Waals surface area contributed by atoms with Gasteiger partial charge in [-0.2, -0.15) is 0 Å². The van der Waals surface area contributed by atoms with E-state index in [1.54, 1.807) is 30.6 Å². The number of hydrogen-bond donors (Lipinski definition) is 3. The van der Waals surface area contributed by atoms with Crippen molar-refractivity contribution in [2.75, 3.05) is 18.5 Å². The van der Waals surface area contributed by atoms with Gasteiger partial charge in [-0.25, -0.2) is 4.98 Å². The first-order valence-electron chi connectivity index (χ1n) is 8.75. The summed E-state index contributed by atoms with van der Waals surface area (Å²) in [6.45, 7) is 0.0924. The van der Waals surface area contributed by atoms with Crippen molar-refractivity contribution in [3.8, 4) is 0 Å². The van der Waals surface area contributed by atoms with Crippen molar-refractivity contribution < 1.29 is 9.90 Å². The second kappa shape index (κ2) is 7.80. The molecule has 0 aliphatic rings. The van der Waals surface area contributed by atoms with Crippen molar-refractivity contribution in [3.63, 3.8) is 0 Å². The fourth-order valence-electron chi connectivity index (χ4n) is 3.06. The van der Waals surface area contributed by atoms with Gasteiger partial charge in [0.25, 0.3) is 5.91 Å². The molecule has 0 radical (unpaired) electrons. The number of fused-ring (bicyclic) bond motifs is 3. The zero-order valence-corrected chi connectivity index (χ0v) is 15.6. The van der Waals surface area contributed by atoms with Gasteiger partial charge in [-0.3, -0.25) is 9.78 Å². The summed E-state index contributed by atoms with van der Waals surface area (Å²) in [6, 6.07) is 14.6. The Bertz CT molecular complexity index is 1180. The maximum Gasteiger partial charge on any atom is 0.251 e. The minimum atomic E-state index is -0.256. The van der Waals surface area contributed by atoms with Gasteiger partial charge in [-0.1, -0.05) is 23.7 Å². The van der Waals surface area contributed by atoms with E-state index in [-0.39, 0.29) is 19.1 Å². The second-order valence-electron chi connectivity index (χ2n) is 6.23. The molecule has 0 bridgehead atoms. The highest BCUT2D eigenvalue weighted by atomic mass is 35.5. The van der Waals surface area contributed by atoms with Crippen LogP contribution in [0.2, 0.25) is 5.02 Å². The Morgan fingerprint density at radius 2 is 1.96 bits per heavy atom. The summed E-state index contributed by atoms with van der Waals surface area (Å²) in [5.41, 5.74) is 1.96. The second-order valence-corrected chi connectivity index (χ2v) is 6.66. The zero-order chi connectivity index (χ0) is 19.5. The molecule has 3 N–H and O–H groups in total. The molecule has 6 nitrogen and oxygen atoms in total. The SMILES string of the molecule is O=C(NCCO)c1ccc2c(c1)nc(Nc1cccc(Cl)c1)c1ccncc12. The van der Waals surface area contributed by atoms with Gasteiger partial charge in [0.15, 0.2) is 0 Å². The highest BCUT2D eigenvalue weighted by molar-refractivity contribution is 6.30. The molecule has 140 valence electrons. The average Bonchev–Trinajstić information content (AvgIpc) is 2.72. The first kappa shape index (κ1) is 18.2. The number of carbonyl (C=O) groups excluding carboxylic acids is 1. The van der Waals surface area contributed by atoms with E-state index in [0.29, 0.717) is 21.9 Å². The largest absolute Gasteiger partial charge is 0.395 e. The number of benzene rings is 2. The van der Waals surface area contributed by atoms with E-state index in [1.165, 1.54) is 0 Å². The Hall–Kier alpha value is -3.22. The Morgan fingerprint density at radius 3 is 2.79 bits per heavy atom. The molecule has 0 saturated carbocycles. The molecule has 7 heteroatoms. The van der Waals surface area contributed by atoms with E-state index < -0.39 is 0 Å². The van der Waals surface area contributed by atoms with E-state index in [2.05, 4.69) is 15.6 Å². The summed E-state index contributed by atoms with van der Waals surface area (Å²) < 4.78 is 0. The third-order valence-corrected chi connectivity index (χ3v) is 4.58. The third-order valence-electron chi connectivity index (χ3n) is 4.34. The molecule has 1 amide bonds. The summed E-state index contributed by atoms with van der Waals surface area (Å²) in [5, 5.41) is 18.2. The van der Waals surface area contributed by atoms with Gasteiger partial charge in [0.05, 0.1) is 12.1 Å². The maximum absolute atomic E-state index is 12.2. The van der Waals surface area contributed by atoms with Crippen LogP contribution in [-0.4, -0.2) is 34.1 Å². The zero-order valence-electron chi connectivity index (χ0n) is 14.8. The van der Waals surface area contributed by atoms with Gasteiger partial charge in [0.1, 0.15) is 5.82 Å². The van der Waals surface area contributed by atoms with Crippen molar-refractivity contribution in [2.45, 2.75) is 0 Å². The first-order valence-corrected chi connectivity index (χ1v) is 9.12. The predicted molar refractivity (Wildman–Crippen MR) is 111 cm³/mol. The van der Waals surface area contributed by atoms with Crippen LogP contribution in [0.25, 0.3) is 21.7 Å². The molecule has 4 rings (SSSR count). The third kappa shape index (κ3) is 3.60. The van der Waals surface area contributed by atoms with E-state index in [1.807, 2.05) is 30.3 Å². The highest BCUT2D eigenvalue weighted by Crippen LogP contribution is 2.31. The fourth-order valence-corrected chi connectivity index (χ4v) is 3.25. The summed E-state index contributed by atoms with van der Waals surface area (Å²) in [5.74, 6) is 0.397. The van der Waals surface area contributed by atoms with Crippen LogP contribution < -0.4 is 10.6 Å². The average molecular weight is 393 g/mol. The highest BCUT2D eigenvalue weighted by Gasteiger charge is 2.12. The quantitative estimate of drug-likeness (QED) is 0.448. The van der Waals surface area contributed by atoms with Crippen molar-refractivity contribution in [3.05, 3.63) is 71.5 Å². The number of aliphatic hydroxyl groups excluding tert-OH is 1. The van der Waals surface area contributed by atoms with Crippen LogP contribution in [0.5, 0.6) is 0 Å². The number of carbonyl (C=O) groups is 1. The van der Waals surface area contributed by atoms with Crippen LogP contribution in [-0.2, 0) is 0 Å². The number of aromatic nitrogens is 2. The summed E-state index contributed by atoms with van der Waals surface area (Å²) >= 11 is 6.09. The number of nitrogens with one attached hydrogen (secondary N) is 2. The van der Waals surface area contributed by atoms with E-state index in [0.717, 1.165) is 21.8 Å². The van der Waals surface area contributed by atoms with Crippen LogP contribution in [0.15, 0.2) is 60.9 Å². The minimum absolute atomic E-state index is 0.110. The van der Waals surface area contributed by atoms with Crippen molar-refractivity contribution in [2.24, 2.45) is 0 Å². The van der Waals surface area contributed by atoms with Gasteiger partial charge in [0, 0.05) is 51.4 Å². The Balaban J connectivity index is 1.84. The molecule has 0 fully saturated rings. The number of pyridine rings is 2. The maximum atomic E-state index is 12.2. The van der Waals surface area contributed by atoms with Gasteiger partial charge in [-0.05, 0) is 36.4 Å². The molecule has 4 aromatic rings. The summed E-state index contributed by atoms with van der Waals surface area (Å²) in [4.78, 5) is 21.2. The van der Waals surface area contributed by atoms with Crippen molar-refractivity contribution >= 4 is 50.7 Å². The summed E-state index contributed by atoms with van der Waals surface area (Å²) in [6.07, 6.45) is 3.50. The van der Waals surface area contributed by atoms with Crippen molar-refractivity contribution in [1.29, 1.82) is 0 Å². The molecule has 2 aromatic carbocycles. The Labute approximate surface area is 166 Å². The molecular weight excluding hydrogens is 376 g/mol. The number of rotatable bonds is 5. The number of aliphatic hydroxyl groups is 1. The Morgan fingerprint density at radius 1 is 1.07 bits per heavy atom. The molecule has 0 saturated heterocycles. The molecular formula is C21H17ClN4O2. The number of hydrogen-bond acceptors (Lipinski definition) is 5. The summed E-state index contributed by atoms with van der Waals surface area (Å²) in [7, 11) is 0. The lowest BCUT2D eigenvalue weighted by molar-refractivity contribution is 0.0945. The molecule has 0 aliphatic heterocycles. The van der Waals surface area contributed by atoms with Crippen molar-refractivity contribution in [1.82, 2.24) is 15.3 Å². The monoisotopic (exact) mass is 392 g/mol. The van der Waals surface area contributed by atoms with Crippen LogP contribution in [0.3, 0.4) is 0 Å². The number of amides is 1. The van der Waals surface area contributed by atoms with E-state index in [9.17, 15) is 4.79 Å². The van der Waals surface area contributed by atoms with Gasteiger partial charge >= 0.3 is 0 Å². The molecule has 0 unspecified atom stereocenters. The number of anilines is 2. The van der Waals surface area contributed by atoms with Crippen LogP contribution in [0.1, 0.15) is 10.4 Å². The lowest BCUT2D eigenvalue weighted by Crippen LogP contribution is -2.26. The van der Waals surface area contributed by atoms with Crippen LogP contribution >= 0.6 is 11.6 Å². The molecule has 2 aromatic heterocycles. The van der Waals surface area contributed by atoms with Gasteiger partial charge in [0.2, 0.25) is 0 Å². The lowest BCUT2D eigenvalue weighted by atomic mass is 10.1. The predicted octanol–water partition coefficient (Wildman–Crippen LogP) is 3.90. The standard InChI is InChI=1S/C21H17ClN4O2/c22-14-2-1-3-15(11-14)25-20-17-6-7-23-12-18(17)16-5-4-13(10-19(16)26-20)21(28)24-8-9-27/h1-7,10-12,27H,8-9H2,(H,24,28)(H,25,26). The minimum Gasteiger partial charge on any atom is -0.395 e. The van der Waals surface area contributed by atoms with E-state index in [4.69, 9.17) is 21.7 Å². The molecule has 28 heavy (non-hydrogen) atoms.